The van der Waals surface area contributed by atoms with Crippen LogP contribution in [0.15, 0.2) is 18.2 Å². The zero-order valence-electron chi connectivity index (χ0n) is 13.0. The summed E-state index contributed by atoms with van der Waals surface area (Å²) in [6.07, 6.45) is -4.74. The molecule has 122 valence electrons. The molecule has 2 N–H and O–H groups in total. The molecule has 0 amide bonds. The van der Waals surface area contributed by atoms with Gasteiger partial charge in [0.05, 0.1) is 11.2 Å². The predicted octanol–water partition coefficient (Wildman–Crippen LogP) is 2.34. The Kier molecular flexibility index (Phi) is 4.23. The van der Waals surface area contributed by atoms with Gasteiger partial charge in [-0.05, 0) is 50.9 Å². The van der Waals surface area contributed by atoms with Crippen molar-refractivity contribution >= 4 is 12.6 Å². The first-order valence-corrected chi connectivity index (χ1v) is 6.89. The second-order valence-corrected chi connectivity index (χ2v) is 6.20. The summed E-state index contributed by atoms with van der Waals surface area (Å²) < 4.78 is 52.5. The fourth-order valence-corrected chi connectivity index (χ4v) is 2.16. The molecule has 0 spiro atoms. The molecule has 0 saturated carbocycles. The molecule has 1 saturated heterocycles. The smallest absolute Gasteiger partial charge is 0.406 e. The Labute approximate surface area is 127 Å². The van der Waals surface area contributed by atoms with Crippen LogP contribution >= 0.6 is 0 Å². The van der Waals surface area contributed by atoms with Gasteiger partial charge in [-0.15, -0.1) is 13.2 Å². The van der Waals surface area contributed by atoms with Crippen molar-refractivity contribution in [3.05, 3.63) is 23.8 Å². The van der Waals surface area contributed by atoms with Crippen LogP contribution in [-0.2, 0) is 15.9 Å². The maximum absolute atomic E-state index is 12.3. The average Bonchev–Trinajstić information content (AvgIpc) is 2.56. The quantitative estimate of drug-likeness (QED) is 0.870. The fraction of sp³-hybridized carbons (Fsp3) is 0.571. The first-order valence-electron chi connectivity index (χ1n) is 6.89. The summed E-state index contributed by atoms with van der Waals surface area (Å²) in [5.74, 6) is -0.312. The fourth-order valence-electron chi connectivity index (χ4n) is 2.16. The van der Waals surface area contributed by atoms with Crippen LogP contribution in [0.1, 0.15) is 33.3 Å². The van der Waals surface area contributed by atoms with Gasteiger partial charge < -0.3 is 19.8 Å². The standard InChI is InChI=1S/C14H19BF3NO3/c1-12(2)13(3,4)22-15(21-12)11-6-5-10(7-9(11)8-19)20-14(16,17)18/h5-7H,8,19H2,1-4H3. The van der Waals surface area contributed by atoms with E-state index >= 15 is 0 Å². The second kappa shape index (κ2) is 5.44. The van der Waals surface area contributed by atoms with Crippen LogP contribution in [0.25, 0.3) is 0 Å². The summed E-state index contributed by atoms with van der Waals surface area (Å²) in [4.78, 5) is 0. The lowest BCUT2D eigenvalue weighted by atomic mass is 9.76. The molecular formula is C14H19BF3NO3. The monoisotopic (exact) mass is 317 g/mol. The molecule has 0 bridgehead atoms. The van der Waals surface area contributed by atoms with E-state index in [1.165, 1.54) is 18.2 Å². The highest BCUT2D eigenvalue weighted by Gasteiger charge is 2.52. The van der Waals surface area contributed by atoms with Crippen LogP contribution in [0.4, 0.5) is 13.2 Å². The van der Waals surface area contributed by atoms with E-state index in [-0.39, 0.29) is 12.3 Å². The maximum atomic E-state index is 12.3. The zero-order chi connectivity index (χ0) is 16.8. The van der Waals surface area contributed by atoms with Crippen molar-refractivity contribution in [3.8, 4) is 5.75 Å². The van der Waals surface area contributed by atoms with Crippen molar-refractivity contribution in [2.45, 2.75) is 51.8 Å². The first-order chi connectivity index (χ1) is 9.95. The molecule has 1 aromatic rings. The first kappa shape index (κ1) is 17.1. The lowest BCUT2D eigenvalue weighted by molar-refractivity contribution is -0.274. The molecule has 1 heterocycles. The largest absolute Gasteiger partial charge is 0.573 e. The number of rotatable bonds is 3. The number of ether oxygens (including phenoxy) is 1. The molecule has 1 aromatic carbocycles. The number of alkyl halides is 3. The minimum Gasteiger partial charge on any atom is -0.406 e. The van der Waals surface area contributed by atoms with Crippen LogP contribution in [0, 0.1) is 0 Å². The minimum absolute atomic E-state index is 0.0501. The lowest BCUT2D eigenvalue weighted by Gasteiger charge is -2.32. The summed E-state index contributed by atoms with van der Waals surface area (Å²) in [6.45, 7) is 7.65. The Balaban J connectivity index is 2.30. The van der Waals surface area contributed by atoms with E-state index in [1.54, 1.807) is 0 Å². The van der Waals surface area contributed by atoms with E-state index < -0.39 is 24.7 Å². The van der Waals surface area contributed by atoms with Gasteiger partial charge in [-0.2, -0.15) is 0 Å². The maximum Gasteiger partial charge on any atom is 0.573 e. The van der Waals surface area contributed by atoms with Gasteiger partial charge in [0.25, 0.3) is 0 Å². The molecule has 0 aliphatic carbocycles. The van der Waals surface area contributed by atoms with E-state index in [2.05, 4.69) is 4.74 Å². The van der Waals surface area contributed by atoms with Gasteiger partial charge in [-0.3, -0.25) is 0 Å². The molecule has 22 heavy (non-hydrogen) atoms. The van der Waals surface area contributed by atoms with Gasteiger partial charge in [0.1, 0.15) is 5.75 Å². The molecule has 8 heteroatoms. The number of hydrogen-bond donors (Lipinski definition) is 1. The molecule has 0 unspecified atom stereocenters. The van der Waals surface area contributed by atoms with Gasteiger partial charge in [-0.1, -0.05) is 6.07 Å². The average molecular weight is 317 g/mol. The molecule has 1 fully saturated rings. The Morgan fingerprint density at radius 3 is 2.14 bits per heavy atom. The third-order valence-corrected chi connectivity index (χ3v) is 4.08. The lowest BCUT2D eigenvalue weighted by Crippen LogP contribution is -2.41. The van der Waals surface area contributed by atoms with Crippen molar-refractivity contribution in [3.63, 3.8) is 0 Å². The van der Waals surface area contributed by atoms with Crippen molar-refractivity contribution in [1.29, 1.82) is 0 Å². The topological polar surface area (TPSA) is 53.7 Å². The number of halogens is 3. The van der Waals surface area contributed by atoms with Crippen molar-refractivity contribution < 1.29 is 27.2 Å². The zero-order valence-corrected chi connectivity index (χ0v) is 13.0. The van der Waals surface area contributed by atoms with E-state index in [1.807, 2.05) is 27.7 Å². The SMILES string of the molecule is CC1(C)OB(c2ccc(OC(F)(F)F)cc2CN)OC1(C)C. The molecule has 4 nitrogen and oxygen atoms in total. The van der Waals surface area contributed by atoms with E-state index in [9.17, 15) is 13.2 Å². The summed E-state index contributed by atoms with van der Waals surface area (Å²) in [6, 6.07) is 3.98. The predicted molar refractivity (Wildman–Crippen MR) is 76.7 cm³/mol. The Hall–Kier alpha value is -1.25. The number of nitrogens with two attached hydrogens (primary N) is 1. The van der Waals surface area contributed by atoms with Gasteiger partial charge >= 0.3 is 13.5 Å². The molecule has 2 rings (SSSR count). The minimum atomic E-state index is -4.74. The van der Waals surface area contributed by atoms with E-state index in [0.29, 0.717) is 11.0 Å². The Morgan fingerprint density at radius 2 is 1.68 bits per heavy atom. The van der Waals surface area contributed by atoms with Crippen LogP contribution in [0.2, 0.25) is 0 Å². The van der Waals surface area contributed by atoms with Gasteiger partial charge in [-0.25, -0.2) is 0 Å². The summed E-state index contributed by atoms with van der Waals surface area (Å²) >= 11 is 0. The van der Waals surface area contributed by atoms with Crippen LogP contribution in [0.5, 0.6) is 5.75 Å². The van der Waals surface area contributed by atoms with Crippen LogP contribution in [0.3, 0.4) is 0 Å². The second-order valence-electron chi connectivity index (χ2n) is 6.20. The highest BCUT2D eigenvalue weighted by molar-refractivity contribution is 6.62. The molecule has 0 atom stereocenters. The number of hydrogen-bond acceptors (Lipinski definition) is 4. The van der Waals surface area contributed by atoms with Crippen molar-refractivity contribution in [2.75, 3.05) is 0 Å². The summed E-state index contributed by atoms with van der Waals surface area (Å²) in [5.41, 5.74) is 5.66. The molecule has 1 aliphatic heterocycles. The van der Waals surface area contributed by atoms with E-state index in [0.717, 1.165) is 0 Å². The van der Waals surface area contributed by atoms with Gasteiger partial charge in [0.15, 0.2) is 0 Å². The summed E-state index contributed by atoms with van der Waals surface area (Å²) in [7, 11) is -0.677. The Bertz CT molecular complexity index is 545. The highest BCUT2D eigenvalue weighted by atomic mass is 19.4. The van der Waals surface area contributed by atoms with Crippen molar-refractivity contribution in [1.82, 2.24) is 0 Å². The molecule has 0 radical (unpaired) electrons. The Morgan fingerprint density at radius 1 is 1.14 bits per heavy atom. The van der Waals surface area contributed by atoms with Gasteiger partial charge in [0.2, 0.25) is 0 Å². The third-order valence-electron chi connectivity index (χ3n) is 4.08. The molecule has 1 aliphatic rings. The van der Waals surface area contributed by atoms with Crippen LogP contribution < -0.4 is 15.9 Å². The molecular weight excluding hydrogens is 298 g/mol. The molecule has 0 aromatic heterocycles. The van der Waals surface area contributed by atoms with Gasteiger partial charge in [0, 0.05) is 6.54 Å². The third kappa shape index (κ3) is 3.39. The van der Waals surface area contributed by atoms with Crippen molar-refractivity contribution in [2.24, 2.45) is 5.73 Å². The van der Waals surface area contributed by atoms with E-state index in [4.69, 9.17) is 15.0 Å². The van der Waals surface area contributed by atoms with Crippen LogP contribution in [-0.4, -0.2) is 24.7 Å². The normalized spacial score (nSPS) is 20.3. The number of benzene rings is 1. The highest BCUT2D eigenvalue weighted by Crippen LogP contribution is 2.37. The summed E-state index contributed by atoms with van der Waals surface area (Å²) in [5, 5.41) is 0.